The predicted molar refractivity (Wildman–Crippen MR) is 97.2 cm³/mol. The summed E-state index contributed by atoms with van der Waals surface area (Å²) in [6.07, 6.45) is 6.45. The molecule has 1 aromatic rings. The van der Waals surface area contributed by atoms with Crippen molar-refractivity contribution in [2.75, 3.05) is 26.2 Å². The monoisotopic (exact) mass is 340 g/mol. The molecule has 1 aromatic carbocycles. The highest BCUT2D eigenvalue weighted by molar-refractivity contribution is 5.81. The SMILES string of the molecule is CC(=O)N1CCC[C@H](C(=O)N2CCC3(CCc4ccccc43)CC2)C1. The summed E-state index contributed by atoms with van der Waals surface area (Å²) in [5.74, 6) is 0.368. The summed E-state index contributed by atoms with van der Waals surface area (Å²) in [5, 5.41) is 0. The van der Waals surface area contributed by atoms with Gasteiger partial charge in [-0.15, -0.1) is 0 Å². The van der Waals surface area contributed by atoms with Crippen molar-refractivity contribution >= 4 is 11.8 Å². The molecule has 134 valence electrons. The van der Waals surface area contributed by atoms with Gasteiger partial charge in [-0.2, -0.15) is 0 Å². The third-order valence-corrected chi connectivity index (χ3v) is 6.71. The van der Waals surface area contributed by atoms with E-state index < -0.39 is 0 Å². The fraction of sp³-hybridized carbons (Fsp3) is 0.619. The Balaban J connectivity index is 1.41. The summed E-state index contributed by atoms with van der Waals surface area (Å²) in [4.78, 5) is 28.5. The van der Waals surface area contributed by atoms with Crippen LogP contribution in [0.25, 0.3) is 0 Å². The minimum Gasteiger partial charge on any atom is -0.342 e. The van der Waals surface area contributed by atoms with Crippen LogP contribution in [-0.2, 0) is 21.4 Å². The molecule has 2 amide bonds. The zero-order chi connectivity index (χ0) is 17.4. The van der Waals surface area contributed by atoms with Gasteiger partial charge in [0.15, 0.2) is 0 Å². The number of hydrogen-bond donors (Lipinski definition) is 0. The van der Waals surface area contributed by atoms with E-state index in [1.165, 1.54) is 24.0 Å². The highest BCUT2D eigenvalue weighted by Gasteiger charge is 2.42. The van der Waals surface area contributed by atoms with Crippen molar-refractivity contribution in [1.29, 1.82) is 0 Å². The van der Waals surface area contributed by atoms with Gasteiger partial charge in [0, 0.05) is 33.1 Å². The first-order valence-corrected chi connectivity index (χ1v) is 9.72. The van der Waals surface area contributed by atoms with Crippen LogP contribution in [0.4, 0.5) is 0 Å². The third kappa shape index (κ3) is 2.96. The number of amides is 2. The Hall–Kier alpha value is -1.84. The molecule has 4 rings (SSSR count). The molecular formula is C21H28N2O2. The lowest BCUT2D eigenvalue weighted by molar-refractivity contribution is -0.141. The predicted octanol–water partition coefficient (Wildman–Crippen LogP) is 2.75. The van der Waals surface area contributed by atoms with Crippen molar-refractivity contribution in [1.82, 2.24) is 9.80 Å². The van der Waals surface area contributed by atoms with Crippen molar-refractivity contribution in [3.63, 3.8) is 0 Å². The van der Waals surface area contributed by atoms with Gasteiger partial charge in [0.1, 0.15) is 0 Å². The van der Waals surface area contributed by atoms with Crippen molar-refractivity contribution < 1.29 is 9.59 Å². The molecule has 2 fully saturated rings. The molecule has 2 saturated heterocycles. The van der Waals surface area contributed by atoms with Crippen LogP contribution in [0.2, 0.25) is 0 Å². The Morgan fingerprint density at radius 1 is 1.04 bits per heavy atom. The van der Waals surface area contributed by atoms with Crippen LogP contribution < -0.4 is 0 Å². The maximum absolute atomic E-state index is 13.0. The molecule has 0 N–H and O–H groups in total. The number of rotatable bonds is 1. The van der Waals surface area contributed by atoms with Gasteiger partial charge in [0.25, 0.3) is 0 Å². The van der Waals surface area contributed by atoms with E-state index in [0.717, 1.165) is 45.3 Å². The standard InChI is InChI=1S/C21H28N2O2/c1-16(24)23-12-4-6-18(15-23)20(25)22-13-10-21(11-14-22)9-8-17-5-2-3-7-19(17)21/h2-3,5,7,18H,4,6,8-15H2,1H3/t18-/m0/s1. The third-order valence-electron chi connectivity index (χ3n) is 6.71. The quantitative estimate of drug-likeness (QED) is 0.789. The molecule has 1 atom stereocenters. The summed E-state index contributed by atoms with van der Waals surface area (Å²) in [6, 6.07) is 8.85. The van der Waals surface area contributed by atoms with Crippen LogP contribution in [0.1, 0.15) is 50.2 Å². The van der Waals surface area contributed by atoms with Crippen molar-refractivity contribution in [2.24, 2.45) is 5.92 Å². The van der Waals surface area contributed by atoms with Crippen LogP contribution in [0.15, 0.2) is 24.3 Å². The number of hydrogen-bond acceptors (Lipinski definition) is 2. The molecule has 2 heterocycles. The van der Waals surface area contributed by atoms with Crippen molar-refractivity contribution in [3.8, 4) is 0 Å². The van der Waals surface area contributed by atoms with Gasteiger partial charge in [-0.3, -0.25) is 9.59 Å². The smallest absolute Gasteiger partial charge is 0.227 e. The zero-order valence-corrected chi connectivity index (χ0v) is 15.2. The summed E-state index contributed by atoms with van der Waals surface area (Å²) >= 11 is 0. The number of carbonyl (C=O) groups is 2. The average molecular weight is 340 g/mol. The van der Waals surface area contributed by atoms with Crippen LogP contribution in [0.3, 0.4) is 0 Å². The molecule has 0 saturated carbocycles. The maximum Gasteiger partial charge on any atom is 0.227 e. The van der Waals surface area contributed by atoms with Gasteiger partial charge in [0.2, 0.25) is 11.8 Å². The Morgan fingerprint density at radius 2 is 1.80 bits per heavy atom. The molecule has 1 spiro atoms. The van der Waals surface area contributed by atoms with Crippen molar-refractivity contribution in [2.45, 2.75) is 50.9 Å². The number of piperidine rings is 2. The average Bonchev–Trinajstić information content (AvgIpc) is 3.00. The Bertz CT molecular complexity index is 676. The number of benzene rings is 1. The van der Waals surface area contributed by atoms with E-state index in [-0.39, 0.29) is 17.7 Å². The lowest BCUT2D eigenvalue weighted by Gasteiger charge is -2.42. The van der Waals surface area contributed by atoms with Gasteiger partial charge in [-0.1, -0.05) is 24.3 Å². The van der Waals surface area contributed by atoms with Gasteiger partial charge in [0.05, 0.1) is 5.92 Å². The minimum atomic E-state index is 0.00237. The van der Waals surface area contributed by atoms with E-state index >= 15 is 0 Å². The second-order valence-electron chi connectivity index (χ2n) is 8.07. The van der Waals surface area contributed by atoms with Gasteiger partial charge < -0.3 is 9.80 Å². The molecule has 1 aliphatic carbocycles. The van der Waals surface area contributed by atoms with Crippen LogP contribution in [0.5, 0.6) is 0 Å². The van der Waals surface area contributed by atoms with E-state index in [4.69, 9.17) is 0 Å². The highest BCUT2D eigenvalue weighted by atomic mass is 16.2. The van der Waals surface area contributed by atoms with Crippen LogP contribution in [0, 0.1) is 5.92 Å². The number of likely N-dealkylation sites (tertiary alicyclic amines) is 2. The van der Waals surface area contributed by atoms with Crippen molar-refractivity contribution in [3.05, 3.63) is 35.4 Å². The summed E-state index contributed by atoms with van der Waals surface area (Å²) in [6.45, 7) is 4.75. The molecule has 0 bridgehead atoms. The fourth-order valence-electron chi connectivity index (χ4n) is 5.16. The largest absolute Gasteiger partial charge is 0.342 e. The molecule has 3 aliphatic rings. The molecule has 25 heavy (non-hydrogen) atoms. The Morgan fingerprint density at radius 3 is 2.56 bits per heavy atom. The number of aryl methyl sites for hydroxylation is 1. The van der Waals surface area contributed by atoms with E-state index in [1.54, 1.807) is 6.92 Å². The lowest BCUT2D eigenvalue weighted by Crippen LogP contribution is -2.50. The first-order chi connectivity index (χ1) is 12.1. The summed E-state index contributed by atoms with van der Waals surface area (Å²) in [5.41, 5.74) is 3.33. The molecule has 0 unspecified atom stereocenters. The van der Waals surface area contributed by atoms with Gasteiger partial charge in [-0.25, -0.2) is 0 Å². The Kier molecular flexibility index (Phi) is 4.30. The fourth-order valence-corrected chi connectivity index (χ4v) is 5.16. The number of carbonyl (C=O) groups excluding carboxylic acids is 2. The van der Waals surface area contributed by atoms with E-state index in [2.05, 4.69) is 29.2 Å². The first-order valence-electron chi connectivity index (χ1n) is 9.72. The van der Waals surface area contributed by atoms with E-state index in [1.807, 2.05) is 4.90 Å². The number of nitrogens with zero attached hydrogens (tertiary/aromatic N) is 2. The molecule has 2 aliphatic heterocycles. The number of fused-ring (bicyclic) bond motifs is 2. The zero-order valence-electron chi connectivity index (χ0n) is 15.2. The van der Waals surface area contributed by atoms with Gasteiger partial charge in [-0.05, 0) is 55.1 Å². The van der Waals surface area contributed by atoms with E-state index in [9.17, 15) is 9.59 Å². The van der Waals surface area contributed by atoms with Gasteiger partial charge >= 0.3 is 0 Å². The topological polar surface area (TPSA) is 40.6 Å². The summed E-state index contributed by atoms with van der Waals surface area (Å²) < 4.78 is 0. The maximum atomic E-state index is 13.0. The molecule has 0 radical (unpaired) electrons. The molecular weight excluding hydrogens is 312 g/mol. The van der Waals surface area contributed by atoms with Crippen LogP contribution >= 0.6 is 0 Å². The lowest BCUT2D eigenvalue weighted by atomic mass is 9.73. The molecule has 4 nitrogen and oxygen atoms in total. The van der Waals surface area contributed by atoms with E-state index in [0.29, 0.717) is 12.0 Å². The normalized spacial score (nSPS) is 25.1. The summed E-state index contributed by atoms with van der Waals surface area (Å²) in [7, 11) is 0. The van der Waals surface area contributed by atoms with Crippen LogP contribution in [-0.4, -0.2) is 47.8 Å². The second kappa shape index (κ2) is 6.47. The minimum absolute atomic E-state index is 0.00237. The Labute approximate surface area is 150 Å². The first kappa shape index (κ1) is 16.6. The molecule has 0 aromatic heterocycles. The molecule has 4 heteroatoms. The highest BCUT2D eigenvalue weighted by Crippen LogP contribution is 2.46. The second-order valence-corrected chi connectivity index (χ2v) is 8.07.